The SMILES string of the molecule is COc1cc(F)c(C(Cl)Cc2cccc(F)c2)c(F)c1. The molecule has 1 unspecified atom stereocenters. The number of ether oxygens (including phenoxy) is 1. The lowest BCUT2D eigenvalue weighted by Crippen LogP contribution is -2.03. The third-order valence-electron chi connectivity index (χ3n) is 2.91. The fourth-order valence-corrected chi connectivity index (χ4v) is 2.34. The molecule has 0 saturated heterocycles. The maximum absolute atomic E-state index is 13.9. The average Bonchev–Trinajstić information content (AvgIpc) is 2.37. The van der Waals surface area contributed by atoms with Crippen molar-refractivity contribution in [2.75, 3.05) is 7.11 Å². The van der Waals surface area contributed by atoms with E-state index in [0.717, 1.165) is 12.1 Å². The van der Waals surface area contributed by atoms with Crippen LogP contribution < -0.4 is 4.74 Å². The summed E-state index contributed by atoms with van der Waals surface area (Å²) in [7, 11) is 1.32. The molecule has 0 radical (unpaired) electrons. The Labute approximate surface area is 119 Å². The number of hydrogen-bond donors (Lipinski definition) is 0. The van der Waals surface area contributed by atoms with Gasteiger partial charge in [0, 0.05) is 17.7 Å². The first-order chi connectivity index (χ1) is 9.51. The lowest BCUT2D eigenvalue weighted by atomic mass is 10.0. The van der Waals surface area contributed by atoms with Crippen LogP contribution in [-0.2, 0) is 6.42 Å². The molecule has 20 heavy (non-hydrogen) atoms. The van der Waals surface area contributed by atoms with Crippen molar-refractivity contribution in [1.82, 2.24) is 0 Å². The van der Waals surface area contributed by atoms with Crippen molar-refractivity contribution >= 4 is 11.6 Å². The Hall–Kier alpha value is -1.68. The summed E-state index contributed by atoms with van der Waals surface area (Å²) in [6.07, 6.45) is 0.124. The predicted molar refractivity (Wildman–Crippen MR) is 71.6 cm³/mol. The van der Waals surface area contributed by atoms with Gasteiger partial charge in [0.1, 0.15) is 23.2 Å². The second kappa shape index (κ2) is 6.18. The van der Waals surface area contributed by atoms with Crippen LogP contribution in [-0.4, -0.2) is 7.11 Å². The maximum Gasteiger partial charge on any atom is 0.134 e. The van der Waals surface area contributed by atoms with Crippen molar-refractivity contribution in [3.05, 3.63) is 65.0 Å². The summed E-state index contributed by atoms with van der Waals surface area (Å²) in [6.45, 7) is 0. The molecule has 0 aliphatic carbocycles. The molecule has 5 heteroatoms. The minimum Gasteiger partial charge on any atom is -0.497 e. The Bertz CT molecular complexity index is 593. The van der Waals surface area contributed by atoms with Crippen molar-refractivity contribution in [2.24, 2.45) is 0 Å². The summed E-state index contributed by atoms with van der Waals surface area (Å²) in [5.74, 6) is -1.89. The van der Waals surface area contributed by atoms with E-state index >= 15 is 0 Å². The fourth-order valence-electron chi connectivity index (χ4n) is 1.95. The van der Waals surface area contributed by atoms with Gasteiger partial charge in [-0.3, -0.25) is 0 Å². The quantitative estimate of drug-likeness (QED) is 0.748. The van der Waals surface area contributed by atoms with Crippen molar-refractivity contribution in [3.8, 4) is 5.75 Å². The molecule has 1 atom stereocenters. The van der Waals surface area contributed by atoms with Crippen LogP contribution in [0.4, 0.5) is 13.2 Å². The molecule has 0 aliphatic heterocycles. The van der Waals surface area contributed by atoms with Gasteiger partial charge in [-0.05, 0) is 24.1 Å². The van der Waals surface area contributed by atoms with E-state index in [-0.39, 0.29) is 17.7 Å². The Balaban J connectivity index is 2.27. The molecule has 0 bridgehead atoms. The number of benzene rings is 2. The fraction of sp³-hybridized carbons (Fsp3) is 0.200. The zero-order valence-electron chi connectivity index (χ0n) is 10.7. The number of alkyl halides is 1. The van der Waals surface area contributed by atoms with Gasteiger partial charge in [0.25, 0.3) is 0 Å². The van der Waals surface area contributed by atoms with Crippen LogP contribution in [0.1, 0.15) is 16.5 Å². The van der Waals surface area contributed by atoms with Gasteiger partial charge < -0.3 is 4.74 Å². The molecule has 0 aliphatic rings. The Morgan fingerprint density at radius 3 is 2.30 bits per heavy atom. The van der Waals surface area contributed by atoms with Crippen molar-refractivity contribution in [3.63, 3.8) is 0 Å². The highest BCUT2D eigenvalue weighted by Gasteiger charge is 2.20. The molecule has 0 fully saturated rings. The summed E-state index contributed by atoms with van der Waals surface area (Å²) in [5, 5.41) is -0.928. The van der Waals surface area contributed by atoms with Gasteiger partial charge in [-0.2, -0.15) is 0 Å². The zero-order valence-corrected chi connectivity index (χ0v) is 11.4. The monoisotopic (exact) mass is 300 g/mol. The Kier molecular flexibility index (Phi) is 4.55. The van der Waals surface area contributed by atoms with Gasteiger partial charge in [-0.25, -0.2) is 13.2 Å². The molecule has 106 valence electrons. The lowest BCUT2D eigenvalue weighted by molar-refractivity contribution is 0.405. The van der Waals surface area contributed by atoms with Crippen molar-refractivity contribution < 1.29 is 17.9 Å². The maximum atomic E-state index is 13.9. The van der Waals surface area contributed by atoms with E-state index in [1.807, 2.05) is 0 Å². The van der Waals surface area contributed by atoms with E-state index in [2.05, 4.69) is 0 Å². The minimum atomic E-state index is -0.928. The zero-order chi connectivity index (χ0) is 14.7. The molecular weight excluding hydrogens is 289 g/mol. The number of rotatable bonds is 4. The highest BCUT2D eigenvalue weighted by molar-refractivity contribution is 6.21. The highest BCUT2D eigenvalue weighted by atomic mass is 35.5. The second-order valence-corrected chi connectivity index (χ2v) is 4.83. The van der Waals surface area contributed by atoms with Crippen molar-refractivity contribution in [1.29, 1.82) is 0 Å². The molecule has 0 amide bonds. The third-order valence-corrected chi connectivity index (χ3v) is 3.28. The molecule has 0 N–H and O–H groups in total. The van der Waals surface area contributed by atoms with Crippen LogP contribution >= 0.6 is 11.6 Å². The molecular formula is C15H12ClF3O. The molecule has 1 nitrogen and oxygen atoms in total. The van der Waals surface area contributed by atoms with Crippen LogP contribution in [0.15, 0.2) is 36.4 Å². The summed E-state index contributed by atoms with van der Waals surface area (Å²) in [6, 6.07) is 7.89. The molecule has 2 aromatic rings. The Morgan fingerprint density at radius 2 is 1.75 bits per heavy atom. The number of halogens is 4. The summed E-state index contributed by atoms with van der Waals surface area (Å²) >= 11 is 6.06. The molecule has 0 heterocycles. The van der Waals surface area contributed by atoms with E-state index in [1.165, 1.54) is 25.3 Å². The van der Waals surface area contributed by atoms with E-state index < -0.39 is 22.8 Å². The van der Waals surface area contributed by atoms with Gasteiger partial charge in [-0.1, -0.05) is 12.1 Å². The largest absolute Gasteiger partial charge is 0.497 e. The molecule has 0 saturated carbocycles. The summed E-state index contributed by atoms with van der Waals surface area (Å²) < 4.78 is 45.5. The highest BCUT2D eigenvalue weighted by Crippen LogP contribution is 2.32. The van der Waals surface area contributed by atoms with Crippen LogP contribution in [0.3, 0.4) is 0 Å². The van der Waals surface area contributed by atoms with Gasteiger partial charge in [-0.15, -0.1) is 11.6 Å². The van der Waals surface area contributed by atoms with Crippen LogP contribution in [0.25, 0.3) is 0 Å². The van der Waals surface area contributed by atoms with E-state index in [4.69, 9.17) is 16.3 Å². The average molecular weight is 301 g/mol. The van der Waals surface area contributed by atoms with Crippen LogP contribution in [0, 0.1) is 17.5 Å². The first-order valence-electron chi connectivity index (χ1n) is 5.92. The normalized spacial score (nSPS) is 12.2. The van der Waals surface area contributed by atoms with Crippen molar-refractivity contribution in [2.45, 2.75) is 11.8 Å². The summed E-state index contributed by atoms with van der Waals surface area (Å²) in [5.41, 5.74) is 0.330. The topological polar surface area (TPSA) is 9.23 Å². The third kappa shape index (κ3) is 3.25. The predicted octanol–water partition coefficient (Wildman–Crippen LogP) is 4.64. The summed E-state index contributed by atoms with van der Waals surface area (Å²) in [4.78, 5) is 0. The van der Waals surface area contributed by atoms with Gasteiger partial charge in [0.2, 0.25) is 0 Å². The molecule has 0 aromatic heterocycles. The smallest absolute Gasteiger partial charge is 0.134 e. The standard InChI is InChI=1S/C15H12ClF3O/c1-20-11-7-13(18)15(14(19)8-11)12(16)6-9-3-2-4-10(17)5-9/h2-5,7-8,12H,6H2,1H3. The number of hydrogen-bond acceptors (Lipinski definition) is 1. The minimum absolute atomic E-state index is 0.0818. The van der Waals surface area contributed by atoms with Gasteiger partial charge in [0.15, 0.2) is 0 Å². The molecule has 2 rings (SSSR count). The van der Waals surface area contributed by atoms with E-state index in [0.29, 0.717) is 5.56 Å². The van der Waals surface area contributed by atoms with Crippen LogP contribution in [0.2, 0.25) is 0 Å². The van der Waals surface area contributed by atoms with E-state index in [9.17, 15) is 13.2 Å². The van der Waals surface area contributed by atoms with Crippen LogP contribution in [0.5, 0.6) is 5.75 Å². The molecule has 0 spiro atoms. The van der Waals surface area contributed by atoms with Gasteiger partial charge >= 0.3 is 0 Å². The number of methoxy groups -OCH3 is 1. The van der Waals surface area contributed by atoms with Gasteiger partial charge in [0.05, 0.1) is 12.5 Å². The van der Waals surface area contributed by atoms with E-state index in [1.54, 1.807) is 6.07 Å². The second-order valence-electron chi connectivity index (χ2n) is 4.31. The Morgan fingerprint density at radius 1 is 1.10 bits per heavy atom. The first-order valence-corrected chi connectivity index (χ1v) is 6.36. The molecule has 2 aromatic carbocycles. The lowest BCUT2D eigenvalue weighted by Gasteiger charge is -2.13. The first kappa shape index (κ1) is 14.7.